The number of imide groups is 1. The van der Waals surface area contributed by atoms with Crippen molar-refractivity contribution in [1.82, 2.24) is 0 Å². The maximum absolute atomic E-state index is 12.9. The number of rotatable bonds is 4. The van der Waals surface area contributed by atoms with E-state index in [1.165, 1.54) is 29.2 Å². The van der Waals surface area contributed by atoms with Crippen LogP contribution in [0, 0.1) is 23.7 Å². The zero-order valence-electron chi connectivity index (χ0n) is 15.8. The van der Waals surface area contributed by atoms with Crippen molar-refractivity contribution in [3.8, 4) is 0 Å². The van der Waals surface area contributed by atoms with Crippen LogP contribution in [0.4, 0.5) is 11.4 Å². The molecule has 4 atom stereocenters. The largest absolute Gasteiger partial charge is 0.545 e. The fourth-order valence-electron chi connectivity index (χ4n) is 4.81. The van der Waals surface area contributed by atoms with Gasteiger partial charge in [0.1, 0.15) is 0 Å². The van der Waals surface area contributed by atoms with Gasteiger partial charge < -0.3 is 15.2 Å². The van der Waals surface area contributed by atoms with E-state index in [-0.39, 0.29) is 47.0 Å². The van der Waals surface area contributed by atoms with Crippen molar-refractivity contribution in [1.29, 1.82) is 0 Å². The minimum Gasteiger partial charge on any atom is -0.545 e. The lowest BCUT2D eigenvalue weighted by Crippen LogP contribution is -2.32. The Morgan fingerprint density at radius 3 is 1.90 bits per heavy atom. The molecule has 5 rings (SSSR count). The molecule has 30 heavy (non-hydrogen) atoms. The van der Waals surface area contributed by atoms with Crippen LogP contribution in [0.2, 0.25) is 0 Å². The van der Waals surface area contributed by atoms with Crippen LogP contribution in [0.3, 0.4) is 0 Å². The molecule has 1 aliphatic heterocycles. The number of nitrogens with zero attached hydrogens (tertiary/aromatic N) is 1. The first-order valence-corrected chi connectivity index (χ1v) is 9.73. The Morgan fingerprint density at radius 2 is 1.37 bits per heavy atom. The number of hydrogen-bond donors (Lipinski definition) is 1. The molecule has 3 amide bonds. The van der Waals surface area contributed by atoms with E-state index in [0.29, 0.717) is 16.9 Å². The standard InChI is InChI=1S/C23H18N2O5/c26-20(24-16-7-3-13(4-8-16)23(29)30)12-5-9-17(10-6-12)25-21(27)18-14-1-2-15(11-14)19(18)22(25)28/h1-10,14-15,18-19H,11H2,(H,24,26)(H,29,30)/p-1/t14-,15+,18-,19-/m0/s1. The third-order valence-corrected chi connectivity index (χ3v) is 6.24. The van der Waals surface area contributed by atoms with Crippen molar-refractivity contribution in [2.45, 2.75) is 6.42 Å². The van der Waals surface area contributed by atoms with Crippen molar-refractivity contribution >= 4 is 35.1 Å². The van der Waals surface area contributed by atoms with Crippen LogP contribution in [-0.4, -0.2) is 23.7 Å². The Kier molecular flexibility index (Phi) is 4.06. The number of carboxylic acids is 1. The van der Waals surface area contributed by atoms with Crippen LogP contribution in [-0.2, 0) is 9.59 Å². The molecule has 1 saturated heterocycles. The molecule has 1 N–H and O–H groups in total. The van der Waals surface area contributed by atoms with Gasteiger partial charge in [0.05, 0.1) is 23.5 Å². The summed E-state index contributed by atoms with van der Waals surface area (Å²) in [4.78, 5) is 50.2. The maximum Gasteiger partial charge on any atom is 0.255 e. The van der Waals surface area contributed by atoms with Gasteiger partial charge in [0, 0.05) is 11.3 Å². The average molecular weight is 401 g/mol. The fourth-order valence-corrected chi connectivity index (χ4v) is 4.81. The molecule has 1 heterocycles. The smallest absolute Gasteiger partial charge is 0.255 e. The number of nitrogens with one attached hydrogen (secondary N) is 1. The highest BCUT2D eigenvalue weighted by atomic mass is 16.4. The predicted octanol–water partition coefficient (Wildman–Crippen LogP) is 1.61. The van der Waals surface area contributed by atoms with Crippen LogP contribution in [0.15, 0.2) is 60.7 Å². The molecular formula is C23H17N2O5-. The number of hydrogen-bond acceptors (Lipinski definition) is 5. The van der Waals surface area contributed by atoms with E-state index in [4.69, 9.17) is 0 Å². The molecule has 2 aromatic rings. The topological polar surface area (TPSA) is 107 Å². The van der Waals surface area contributed by atoms with Crippen LogP contribution < -0.4 is 15.3 Å². The quantitative estimate of drug-likeness (QED) is 0.619. The summed E-state index contributed by atoms with van der Waals surface area (Å²) in [6, 6.07) is 11.9. The molecule has 0 spiro atoms. The van der Waals surface area contributed by atoms with Crippen molar-refractivity contribution in [2.24, 2.45) is 23.7 Å². The van der Waals surface area contributed by atoms with E-state index in [0.717, 1.165) is 6.42 Å². The molecule has 0 unspecified atom stereocenters. The Balaban J connectivity index is 1.31. The number of benzene rings is 2. The van der Waals surface area contributed by atoms with Crippen molar-refractivity contribution in [2.75, 3.05) is 10.2 Å². The molecule has 2 aliphatic carbocycles. The molecule has 3 aliphatic rings. The molecular weight excluding hydrogens is 384 g/mol. The van der Waals surface area contributed by atoms with Crippen LogP contribution in [0.25, 0.3) is 0 Å². The molecule has 7 nitrogen and oxygen atoms in total. The molecule has 1 saturated carbocycles. The summed E-state index contributed by atoms with van der Waals surface area (Å²) >= 11 is 0. The lowest BCUT2D eigenvalue weighted by Gasteiger charge is -2.17. The molecule has 2 bridgehead atoms. The predicted molar refractivity (Wildman–Crippen MR) is 105 cm³/mol. The van der Waals surface area contributed by atoms with Crippen molar-refractivity contribution < 1.29 is 24.3 Å². The summed E-state index contributed by atoms with van der Waals surface area (Å²) in [6.45, 7) is 0. The highest BCUT2D eigenvalue weighted by Crippen LogP contribution is 2.53. The number of amides is 3. The number of carboxylic acid groups (broad SMARTS) is 1. The third kappa shape index (κ3) is 2.74. The van der Waals surface area contributed by atoms with Gasteiger partial charge in [-0.25, -0.2) is 0 Å². The summed E-state index contributed by atoms with van der Waals surface area (Å²) in [5.74, 6) is -2.23. The first-order valence-electron chi connectivity index (χ1n) is 9.73. The number of allylic oxidation sites excluding steroid dienone is 2. The van der Waals surface area contributed by atoms with E-state index in [1.807, 2.05) is 12.2 Å². The second-order valence-electron chi connectivity index (χ2n) is 7.88. The summed E-state index contributed by atoms with van der Waals surface area (Å²) < 4.78 is 0. The van der Waals surface area contributed by atoms with E-state index in [2.05, 4.69) is 5.32 Å². The Hall–Kier alpha value is -3.74. The zero-order valence-corrected chi connectivity index (χ0v) is 15.8. The third-order valence-electron chi connectivity index (χ3n) is 6.24. The first kappa shape index (κ1) is 18.3. The number of carbonyl (C=O) groups is 4. The van der Waals surface area contributed by atoms with Gasteiger partial charge in [0.2, 0.25) is 11.8 Å². The van der Waals surface area contributed by atoms with Gasteiger partial charge in [-0.05, 0) is 60.2 Å². The van der Waals surface area contributed by atoms with E-state index < -0.39 is 5.97 Å². The van der Waals surface area contributed by atoms with Gasteiger partial charge in [0.25, 0.3) is 5.91 Å². The fraction of sp³-hybridized carbons (Fsp3) is 0.217. The number of anilines is 2. The molecule has 7 heteroatoms. The second kappa shape index (κ2) is 6.66. The zero-order chi connectivity index (χ0) is 21.0. The van der Waals surface area contributed by atoms with Crippen LogP contribution >= 0.6 is 0 Å². The Morgan fingerprint density at radius 1 is 0.833 bits per heavy atom. The van der Waals surface area contributed by atoms with Gasteiger partial charge in [-0.1, -0.05) is 24.3 Å². The molecule has 0 radical (unpaired) electrons. The van der Waals surface area contributed by atoms with Gasteiger partial charge in [-0.2, -0.15) is 0 Å². The van der Waals surface area contributed by atoms with Crippen molar-refractivity contribution in [3.63, 3.8) is 0 Å². The first-order chi connectivity index (χ1) is 14.4. The molecule has 2 fully saturated rings. The van der Waals surface area contributed by atoms with Gasteiger partial charge in [0.15, 0.2) is 0 Å². The Bertz CT molecular complexity index is 1070. The van der Waals surface area contributed by atoms with Crippen LogP contribution in [0.1, 0.15) is 27.1 Å². The van der Waals surface area contributed by atoms with Crippen LogP contribution in [0.5, 0.6) is 0 Å². The summed E-state index contributed by atoms with van der Waals surface area (Å²) in [7, 11) is 0. The van der Waals surface area contributed by atoms with E-state index >= 15 is 0 Å². The summed E-state index contributed by atoms with van der Waals surface area (Å²) in [5.41, 5.74) is 1.28. The highest BCUT2D eigenvalue weighted by Gasteiger charge is 2.59. The molecule has 2 aromatic carbocycles. The summed E-state index contributed by atoms with van der Waals surface area (Å²) in [6.07, 6.45) is 4.98. The minimum absolute atomic E-state index is 0.0192. The van der Waals surface area contributed by atoms with E-state index in [9.17, 15) is 24.3 Å². The van der Waals surface area contributed by atoms with E-state index in [1.54, 1.807) is 24.3 Å². The minimum atomic E-state index is -1.29. The second-order valence-corrected chi connectivity index (χ2v) is 7.88. The lowest BCUT2D eigenvalue weighted by atomic mass is 9.85. The van der Waals surface area contributed by atoms with Gasteiger partial charge >= 0.3 is 0 Å². The lowest BCUT2D eigenvalue weighted by molar-refractivity contribution is -0.255. The average Bonchev–Trinajstić information content (AvgIpc) is 3.42. The maximum atomic E-state index is 12.9. The number of fused-ring (bicyclic) bond motifs is 5. The SMILES string of the molecule is O=C([O-])c1ccc(NC(=O)c2ccc(N3C(=O)[C@@H]4[C@@H](C3=O)[C@H]3C=C[C@@H]4C3)cc2)cc1. The van der Waals surface area contributed by atoms with Gasteiger partial charge in [-0.15, -0.1) is 0 Å². The normalized spacial score (nSPS) is 26.2. The monoisotopic (exact) mass is 401 g/mol. The molecule has 0 aromatic heterocycles. The summed E-state index contributed by atoms with van der Waals surface area (Å²) in [5, 5.41) is 13.5. The molecule has 150 valence electrons. The van der Waals surface area contributed by atoms with Crippen molar-refractivity contribution in [3.05, 3.63) is 71.8 Å². The number of aromatic carboxylic acids is 1. The number of carbonyl (C=O) groups excluding carboxylic acids is 4. The van der Waals surface area contributed by atoms with Gasteiger partial charge in [-0.3, -0.25) is 19.3 Å². The Labute approximate surface area is 172 Å². The highest BCUT2D eigenvalue weighted by molar-refractivity contribution is 6.23.